The summed E-state index contributed by atoms with van der Waals surface area (Å²) in [5.41, 5.74) is 0. The van der Waals surface area contributed by atoms with Gasteiger partial charge in [-0.05, 0) is 38.0 Å². The van der Waals surface area contributed by atoms with Crippen LogP contribution in [0.4, 0.5) is 0 Å². The Balaban J connectivity index is 2.21. The largest absolute Gasteiger partial charge is 0.393 e. The zero-order valence-electron chi connectivity index (χ0n) is 9.83. The third-order valence-electron chi connectivity index (χ3n) is 3.43. The molecule has 0 aromatic carbocycles. The first-order valence-corrected chi connectivity index (χ1v) is 6.13. The summed E-state index contributed by atoms with van der Waals surface area (Å²) in [5.74, 6) is 0.830. The molecule has 0 spiro atoms. The van der Waals surface area contributed by atoms with Crippen molar-refractivity contribution in [3.05, 3.63) is 0 Å². The van der Waals surface area contributed by atoms with Crippen molar-refractivity contribution in [2.24, 2.45) is 11.8 Å². The van der Waals surface area contributed by atoms with Crippen molar-refractivity contribution in [1.29, 1.82) is 0 Å². The molecule has 15 heavy (non-hydrogen) atoms. The number of carbonyl (C=O) groups is 1. The molecule has 88 valence electrons. The molecule has 0 aliphatic heterocycles. The molecule has 1 fully saturated rings. The lowest BCUT2D eigenvalue weighted by Crippen LogP contribution is -2.33. The molecule has 0 aromatic heterocycles. The maximum absolute atomic E-state index is 11.7. The van der Waals surface area contributed by atoms with Gasteiger partial charge in [-0.15, -0.1) is 0 Å². The molecule has 0 aromatic rings. The molecule has 1 aliphatic carbocycles. The summed E-state index contributed by atoms with van der Waals surface area (Å²) in [5, 5.41) is 12.4. The summed E-state index contributed by atoms with van der Waals surface area (Å²) in [7, 11) is 0. The van der Waals surface area contributed by atoms with Crippen molar-refractivity contribution in [2.75, 3.05) is 6.54 Å². The minimum Gasteiger partial charge on any atom is -0.393 e. The smallest absolute Gasteiger partial charge is 0.223 e. The Morgan fingerprint density at radius 3 is 2.53 bits per heavy atom. The normalized spacial score (nSPS) is 25.9. The Morgan fingerprint density at radius 1 is 1.40 bits per heavy atom. The van der Waals surface area contributed by atoms with Gasteiger partial charge in [0.25, 0.3) is 0 Å². The fourth-order valence-electron chi connectivity index (χ4n) is 2.28. The van der Waals surface area contributed by atoms with Gasteiger partial charge >= 0.3 is 0 Å². The van der Waals surface area contributed by atoms with Gasteiger partial charge in [-0.25, -0.2) is 0 Å². The number of aliphatic hydroxyl groups excluding tert-OH is 1. The molecule has 3 nitrogen and oxygen atoms in total. The lowest BCUT2D eigenvalue weighted by Gasteiger charge is -2.15. The van der Waals surface area contributed by atoms with Gasteiger partial charge in [-0.2, -0.15) is 0 Å². The molecule has 2 atom stereocenters. The molecule has 1 rings (SSSR count). The average molecular weight is 213 g/mol. The van der Waals surface area contributed by atoms with E-state index in [9.17, 15) is 9.90 Å². The number of amides is 1. The van der Waals surface area contributed by atoms with Crippen LogP contribution in [0.2, 0.25) is 0 Å². The van der Waals surface area contributed by atoms with Crippen LogP contribution < -0.4 is 5.32 Å². The van der Waals surface area contributed by atoms with Crippen LogP contribution in [0.15, 0.2) is 0 Å². The fourth-order valence-corrected chi connectivity index (χ4v) is 2.28. The topological polar surface area (TPSA) is 49.3 Å². The first kappa shape index (κ1) is 12.5. The zero-order valence-corrected chi connectivity index (χ0v) is 9.83. The van der Waals surface area contributed by atoms with Crippen molar-refractivity contribution in [1.82, 2.24) is 5.32 Å². The van der Waals surface area contributed by atoms with E-state index in [2.05, 4.69) is 5.32 Å². The number of nitrogens with one attached hydrogen (secondary N) is 1. The van der Waals surface area contributed by atoms with E-state index in [4.69, 9.17) is 0 Å². The molecule has 0 bridgehead atoms. The van der Waals surface area contributed by atoms with Gasteiger partial charge in [0.1, 0.15) is 0 Å². The minimum atomic E-state index is -0.139. The van der Waals surface area contributed by atoms with Crippen LogP contribution in [0.25, 0.3) is 0 Å². The predicted molar refractivity (Wildman–Crippen MR) is 60.4 cm³/mol. The highest BCUT2D eigenvalue weighted by Gasteiger charge is 2.23. The van der Waals surface area contributed by atoms with Crippen LogP contribution in [0.5, 0.6) is 0 Å². The van der Waals surface area contributed by atoms with Gasteiger partial charge in [0.05, 0.1) is 6.10 Å². The molecule has 0 saturated heterocycles. The van der Waals surface area contributed by atoms with Gasteiger partial charge < -0.3 is 10.4 Å². The first-order valence-electron chi connectivity index (χ1n) is 6.13. The van der Waals surface area contributed by atoms with Crippen LogP contribution in [0.1, 0.15) is 46.0 Å². The molecule has 0 unspecified atom stereocenters. The number of hydrogen-bond acceptors (Lipinski definition) is 2. The van der Waals surface area contributed by atoms with Crippen LogP contribution in [0, 0.1) is 11.8 Å². The molecular formula is C12H23NO2. The van der Waals surface area contributed by atoms with Crippen molar-refractivity contribution in [2.45, 2.75) is 52.1 Å². The lowest BCUT2D eigenvalue weighted by molar-refractivity contribution is -0.125. The van der Waals surface area contributed by atoms with Gasteiger partial charge in [0.15, 0.2) is 0 Å². The second kappa shape index (κ2) is 6.11. The Hall–Kier alpha value is -0.570. The Morgan fingerprint density at radius 2 is 2.07 bits per heavy atom. The number of carbonyl (C=O) groups excluding carboxylic acids is 1. The highest BCUT2D eigenvalue weighted by molar-refractivity contribution is 5.78. The maximum atomic E-state index is 11.7. The van der Waals surface area contributed by atoms with E-state index in [0.717, 1.165) is 38.6 Å². The zero-order chi connectivity index (χ0) is 11.3. The summed E-state index contributed by atoms with van der Waals surface area (Å²) in [6, 6.07) is 0. The maximum Gasteiger partial charge on any atom is 0.223 e. The van der Waals surface area contributed by atoms with E-state index in [1.54, 1.807) is 0 Å². The van der Waals surface area contributed by atoms with E-state index in [0.29, 0.717) is 5.92 Å². The lowest BCUT2D eigenvalue weighted by atomic mass is 10.0. The molecule has 0 radical (unpaired) electrons. The van der Waals surface area contributed by atoms with Gasteiger partial charge in [-0.1, -0.05) is 13.8 Å². The third kappa shape index (κ3) is 3.82. The first-order chi connectivity index (χ1) is 7.17. The molecule has 0 heterocycles. The summed E-state index contributed by atoms with van der Waals surface area (Å²) in [6.45, 7) is 4.84. The van der Waals surface area contributed by atoms with E-state index < -0.39 is 0 Å². The molecule has 1 aliphatic rings. The Kier molecular flexibility index (Phi) is 5.09. The molecule has 3 heteroatoms. The van der Waals surface area contributed by atoms with Gasteiger partial charge in [0.2, 0.25) is 5.91 Å². The summed E-state index contributed by atoms with van der Waals surface area (Å²) in [6.07, 6.45) is 4.48. The van der Waals surface area contributed by atoms with Crippen molar-refractivity contribution in [3.8, 4) is 0 Å². The monoisotopic (exact) mass is 213 g/mol. The summed E-state index contributed by atoms with van der Waals surface area (Å²) < 4.78 is 0. The Bertz CT molecular complexity index is 202. The van der Waals surface area contributed by atoms with Crippen LogP contribution in [0.3, 0.4) is 0 Å². The standard InChI is InChI=1S/C12H23NO2/c1-3-10(4-2)12(15)13-8-9-5-6-11(14)7-9/h9-11,14H,3-8H2,1-2H3,(H,13,15)/t9-,11-/m1/s1. The van der Waals surface area contributed by atoms with E-state index in [1.165, 1.54) is 0 Å². The number of aliphatic hydroxyl groups is 1. The van der Waals surface area contributed by atoms with Crippen LogP contribution in [-0.2, 0) is 4.79 Å². The van der Waals surface area contributed by atoms with Crippen molar-refractivity contribution < 1.29 is 9.90 Å². The minimum absolute atomic E-state index is 0.139. The fraction of sp³-hybridized carbons (Fsp3) is 0.917. The van der Waals surface area contributed by atoms with E-state index >= 15 is 0 Å². The van der Waals surface area contributed by atoms with E-state index in [1.807, 2.05) is 13.8 Å². The highest BCUT2D eigenvalue weighted by Crippen LogP contribution is 2.24. The predicted octanol–water partition coefficient (Wildman–Crippen LogP) is 1.70. The number of hydrogen-bond donors (Lipinski definition) is 2. The number of rotatable bonds is 5. The summed E-state index contributed by atoms with van der Waals surface area (Å²) >= 11 is 0. The van der Waals surface area contributed by atoms with E-state index in [-0.39, 0.29) is 17.9 Å². The van der Waals surface area contributed by atoms with Crippen LogP contribution in [-0.4, -0.2) is 23.7 Å². The third-order valence-corrected chi connectivity index (χ3v) is 3.43. The van der Waals surface area contributed by atoms with Crippen molar-refractivity contribution in [3.63, 3.8) is 0 Å². The molecule has 1 saturated carbocycles. The highest BCUT2D eigenvalue weighted by atomic mass is 16.3. The quantitative estimate of drug-likeness (QED) is 0.730. The SMILES string of the molecule is CCC(CC)C(=O)NC[C@@H]1CC[C@@H](O)C1. The van der Waals surface area contributed by atoms with Crippen LogP contribution >= 0.6 is 0 Å². The average Bonchev–Trinajstić information content (AvgIpc) is 2.63. The van der Waals surface area contributed by atoms with Crippen molar-refractivity contribution >= 4 is 5.91 Å². The molecule has 2 N–H and O–H groups in total. The van der Waals surface area contributed by atoms with Gasteiger partial charge in [0, 0.05) is 12.5 Å². The molecule has 1 amide bonds. The second-order valence-corrected chi connectivity index (χ2v) is 4.59. The molecular weight excluding hydrogens is 190 g/mol. The Labute approximate surface area is 92.3 Å². The second-order valence-electron chi connectivity index (χ2n) is 4.59. The summed E-state index contributed by atoms with van der Waals surface area (Å²) in [4.78, 5) is 11.7. The van der Waals surface area contributed by atoms with Gasteiger partial charge in [-0.3, -0.25) is 4.79 Å².